The van der Waals surface area contributed by atoms with Gasteiger partial charge in [0.15, 0.2) is 5.43 Å². The minimum Gasteiger partial charge on any atom is -0.497 e. The van der Waals surface area contributed by atoms with Gasteiger partial charge in [0.2, 0.25) is 0 Å². The highest BCUT2D eigenvalue weighted by Gasteiger charge is 2.35. The third-order valence-corrected chi connectivity index (χ3v) is 5.45. The van der Waals surface area contributed by atoms with Crippen molar-refractivity contribution in [2.24, 2.45) is 5.41 Å². The van der Waals surface area contributed by atoms with E-state index < -0.39 is 5.97 Å². The van der Waals surface area contributed by atoms with Crippen molar-refractivity contribution in [3.05, 3.63) is 46.2 Å². The number of carbonyl (C=O) groups excluding carboxylic acids is 1. The van der Waals surface area contributed by atoms with E-state index in [2.05, 4.69) is 20.8 Å². The number of pyridine rings is 1. The largest absolute Gasteiger partial charge is 0.497 e. The predicted octanol–water partition coefficient (Wildman–Crippen LogP) is 3.65. The van der Waals surface area contributed by atoms with Crippen molar-refractivity contribution in [1.29, 1.82) is 0 Å². The van der Waals surface area contributed by atoms with Crippen molar-refractivity contribution < 1.29 is 14.3 Å². The number of aromatic nitrogens is 3. The number of ether oxygens (including phenoxy) is 2. The van der Waals surface area contributed by atoms with Crippen LogP contribution in [-0.2, 0) is 11.3 Å². The molecule has 1 unspecified atom stereocenters. The van der Waals surface area contributed by atoms with Gasteiger partial charge in [-0.3, -0.25) is 9.48 Å². The molecular weight excluding hydrogens is 370 g/mol. The molecule has 0 saturated carbocycles. The molecule has 0 amide bonds. The second kappa shape index (κ2) is 6.76. The molecule has 29 heavy (non-hydrogen) atoms. The van der Waals surface area contributed by atoms with Crippen LogP contribution in [0.2, 0.25) is 0 Å². The molecule has 3 aromatic rings. The van der Waals surface area contributed by atoms with Crippen LogP contribution in [0.4, 0.5) is 0 Å². The Morgan fingerprint density at radius 1 is 1.28 bits per heavy atom. The number of nitrogens with zero attached hydrogens (tertiary/aromatic N) is 3. The zero-order chi connectivity index (χ0) is 20.9. The van der Waals surface area contributed by atoms with Gasteiger partial charge in [-0.15, -0.1) is 0 Å². The Balaban J connectivity index is 2.00. The number of methoxy groups -OCH3 is 1. The fourth-order valence-corrected chi connectivity index (χ4v) is 3.95. The first kappa shape index (κ1) is 19.2. The summed E-state index contributed by atoms with van der Waals surface area (Å²) < 4.78 is 14.4. The summed E-state index contributed by atoms with van der Waals surface area (Å²) in [6.07, 6.45) is 1.65. The fourth-order valence-electron chi connectivity index (χ4n) is 3.95. The zero-order valence-electron chi connectivity index (χ0n) is 17.4. The van der Waals surface area contributed by atoms with Gasteiger partial charge < -0.3 is 14.0 Å². The monoisotopic (exact) mass is 395 g/mol. The smallest absolute Gasteiger partial charge is 0.343 e. The first-order chi connectivity index (χ1) is 13.7. The lowest BCUT2D eigenvalue weighted by Crippen LogP contribution is -2.35. The van der Waals surface area contributed by atoms with E-state index in [1.165, 1.54) is 6.07 Å². The van der Waals surface area contributed by atoms with Gasteiger partial charge in [-0.2, -0.15) is 5.10 Å². The minimum atomic E-state index is -0.589. The van der Waals surface area contributed by atoms with Crippen LogP contribution < -0.4 is 10.2 Å². The van der Waals surface area contributed by atoms with Crippen molar-refractivity contribution in [3.8, 4) is 17.1 Å². The molecule has 2 aromatic heterocycles. The minimum absolute atomic E-state index is 0.00924. The summed E-state index contributed by atoms with van der Waals surface area (Å²) in [5.41, 5.74) is 2.02. The molecule has 7 nitrogen and oxygen atoms in total. The second-order valence-corrected chi connectivity index (χ2v) is 8.36. The molecule has 1 aliphatic heterocycles. The molecule has 0 radical (unpaired) electrons. The van der Waals surface area contributed by atoms with Crippen molar-refractivity contribution in [2.75, 3.05) is 13.7 Å². The summed E-state index contributed by atoms with van der Waals surface area (Å²) in [7, 11) is 1.62. The molecule has 4 rings (SSSR count). The topological polar surface area (TPSA) is 75.3 Å². The quantitative estimate of drug-likeness (QED) is 0.633. The Morgan fingerprint density at radius 2 is 2.03 bits per heavy atom. The van der Waals surface area contributed by atoms with Crippen LogP contribution in [0.1, 0.15) is 44.1 Å². The van der Waals surface area contributed by atoms with Crippen molar-refractivity contribution >= 4 is 16.9 Å². The molecule has 0 bridgehead atoms. The molecule has 0 fully saturated rings. The number of rotatable bonds is 3. The number of hydrogen-bond donors (Lipinski definition) is 0. The lowest BCUT2D eigenvalue weighted by Gasteiger charge is -2.38. The average molecular weight is 395 g/mol. The van der Waals surface area contributed by atoms with E-state index in [9.17, 15) is 9.59 Å². The lowest BCUT2D eigenvalue weighted by atomic mass is 9.85. The number of hydrogen-bond acceptors (Lipinski definition) is 5. The predicted molar refractivity (Wildman–Crippen MR) is 110 cm³/mol. The number of fused-ring (bicyclic) bond motifs is 5. The van der Waals surface area contributed by atoms with Crippen LogP contribution in [0.3, 0.4) is 0 Å². The molecule has 1 aromatic carbocycles. The second-order valence-electron chi connectivity index (χ2n) is 8.36. The number of carbonyl (C=O) groups is 1. The van der Waals surface area contributed by atoms with Gasteiger partial charge in [0.1, 0.15) is 11.3 Å². The zero-order valence-corrected chi connectivity index (χ0v) is 17.4. The van der Waals surface area contributed by atoms with Gasteiger partial charge in [-0.25, -0.2) is 4.79 Å². The van der Waals surface area contributed by atoms with Crippen LogP contribution in [-0.4, -0.2) is 34.0 Å². The molecule has 0 aliphatic carbocycles. The number of benzene rings is 1. The van der Waals surface area contributed by atoms with E-state index in [4.69, 9.17) is 14.6 Å². The highest BCUT2D eigenvalue weighted by atomic mass is 16.5. The van der Waals surface area contributed by atoms with Crippen LogP contribution in [0.25, 0.3) is 22.3 Å². The maximum absolute atomic E-state index is 12.8. The van der Waals surface area contributed by atoms with Gasteiger partial charge >= 0.3 is 5.97 Å². The standard InChI is InChI=1S/C22H25N3O4/c1-6-29-21(27)15-11-24-17(10-18(15)26)20-14-8-7-13(28-5)9-16(14)23-25(20)12-19(24)22(2,3)4/h7-11,19H,6,12H2,1-5H3. The highest BCUT2D eigenvalue weighted by Crippen LogP contribution is 2.42. The van der Waals surface area contributed by atoms with Crippen LogP contribution in [0.15, 0.2) is 35.3 Å². The Kier molecular flexibility index (Phi) is 4.48. The van der Waals surface area contributed by atoms with Gasteiger partial charge in [-0.1, -0.05) is 20.8 Å². The van der Waals surface area contributed by atoms with E-state index >= 15 is 0 Å². The lowest BCUT2D eigenvalue weighted by molar-refractivity contribution is 0.0522. The molecule has 0 saturated heterocycles. The van der Waals surface area contributed by atoms with E-state index in [0.29, 0.717) is 6.54 Å². The van der Waals surface area contributed by atoms with Gasteiger partial charge in [0, 0.05) is 23.7 Å². The molecule has 152 valence electrons. The molecule has 1 atom stereocenters. The third kappa shape index (κ3) is 3.10. The molecule has 0 N–H and O–H groups in total. The fraction of sp³-hybridized carbons (Fsp3) is 0.409. The Labute approximate surface area is 168 Å². The maximum atomic E-state index is 12.8. The Hall–Kier alpha value is -3.09. The van der Waals surface area contributed by atoms with Gasteiger partial charge in [-0.05, 0) is 24.5 Å². The van der Waals surface area contributed by atoms with Crippen LogP contribution in [0.5, 0.6) is 5.75 Å². The molecule has 7 heteroatoms. The summed E-state index contributed by atoms with van der Waals surface area (Å²) in [5.74, 6) is 0.143. The summed E-state index contributed by atoms with van der Waals surface area (Å²) in [4.78, 5) is 25.1. The Bertz CT molecular complexity index is 1170. The summed E-state index contributed by atoms with van der Waals surface area (Å²) in [6.45, 7) is 9.00. The van der Waals surface area contributed by atoms with E-state index in [1.54, 1.807) is 20.2 Å². The van der Waals surface area contributed by atoms with E-state index in [1.807, 2.05) is 27.4 Å². The highest BCUT2D eigenvalue weighted by molar-refractivity contribution is 5.94. The van der Waals surface area contributed by atoms with E-state index in [-0.39, 0.29) is 29.1 Å². The number of esters is 1. The molecule has 3 heterocycles. The average Bonchev–Trinajstić information content (AvgIpc) is 3.03. The van der Waals surface area contributed by atoms with Crippen molar-refractivity contribution in [1.82, 2.24) is 14.3 Å². The molecule has 1 aliphatic rings. The summed E-state index contributed by atoms with van der Waals surface area (Å²) in [6, 6.07) is 7.27. The van der Waals surface area contributed by atoms with Gasteiger partial charge in [0.25, 0.3) is 0 Å². The first-order valence-corrected chi connectivity index (χ1v) is 9.72. The normalized spacial score (nSPS) is 15.7. The van der Waals surface area contributed by atoms with Crippen LogP contribution >= 0.6 is 0 Å². The molecular formula is C22H25N3O4. The van der Waals surface area contributed by atoms with Crippen LogP contribution in [0, 0.1) is 5.41 Å². The van der Waals surface area contributed by atoms with E-state index in [0.717, 1.165) is 28.0 Å². The third-order valence-electron chi connectivity index (χ3n) is 5.45. The molecule has 0 spiro atoms. The maximum Gasteiger partial charge on any atom is 0.343 e. The Morgan fingerprint density at radius 3 is 2.69 bits per heavy atom. The van der Waals surface area contributed by atoms with Crippen molar-refractivity contribution in [2.45, 2.75) is 40.3 Å². The van der Waals surface area contributed by atoms with Crippen molar-refractivity contribution in [3.63, 3.8) is 0 Å². The summed E-state index contributed by atoms with van der Waals surface area (Å²) >= 11 is 0. The first-order valence-electron chi connectivity index (χ1n) is 9.72. The summed E-state index contributed by atoms with van der Waals surface area (Å²) in [5, 5.41) is 5.71. The SMILES string of the molecule is CCOC(=O)c1cn2c(cc1=O)-c1c3ccc(OC)cc3nn1CC2C(C)(C)C. The van der Waals surface area contributed by atoms with Gasteiger partial charge in [0.05, 0.1) is 43.2 Å².